The Morgan fingerprint density at radius 2 is 1.00 bits per heavy atom. The van der Waals surface area contributed by atoms with E-state index in [1.165, 1.54) is 19.1 Å². The average molecular weight is 416 g/mol. The highest BCUT2D eigenvalue weighted by molar-refractivity contribution is 5.29. The number of benzene rings is 1. The van der Waals surface area contributed by atoms with E-state index in [1.807, 2.05) is 0 Å². The Balaban J connectivity index is 2.62. The van der Waals surface area contributed by atoms with Crippen molar-refractivity contribution < 1.29 is 53.4 Å². The zero-order chi connectivity index (χ0) is 21.3. The van der Waals surface area contributed by atoms with Crippen LogP contribution in [0.25, 0.3) is 0 Å². The first-order valence-electron chi connectivity index (χ1n) is 7.21. The van der Waals surface area contributed by atoms with Gasteiger partial charge in [-0.3, -0.25) is 0 Å². The Hall–Kier alpha value is -1.59. The van der Waals surface area contributed by atoms with Gasteiger partial charge in [-0.05, 0) is 12.5 Å². The first-order chi connectivity index (χ1) is 11.9. The third-order valence-electron chi connectivity index (χ3n) is 4.51. The van der Waals surface area contributed by atoms with Crippen molar-refractivity contribution in [2.45, 2.75) is 54.7 Å². The van der Waals surface area contributed by atoms with Gasteiger partial charge in [0.05, 0.1) is 6.10 Å². The second-order valence-corrected chi connectivity index (χ2v) is 6.30. The van der Waals surface area contributed by atoms with Crippen LogP contribution in [0, 0.1) is 6.92 Å². The quantitative estimate of drug-likeness (QED) is 0.662. The summed E-state index contributed by atoms with van der Waals surface area (Å²) >= 11 is 0. The molecule has 1 aliphatic carbocycles. The fourth-order valence-electron chi connectivity index (χ4n) is 2.72. The van der Waals surface area contributed by atoms with Gasteiger partial charge in [-0.2, -0.15) is 43.9 Å². The monoisotopic (exact) mass is 416 g/mol. The molecule has 27 heavy (non-hydrogen) atoms. The molecule has 2 rings (SSSR count). The van der Waals surface area contributed by atoms with Gasteiger partial charge in [0.25, 0.3) is 5.67 Å². The number of halogens is 11. The highest BCUT2D eigenvalue weighted by Crippen LogP contribution is 2.70. The minimum atomic E-state index is -7.25. The van der Waals surface area contributed by atoms with E-state index in [4.69, 9.17) is 0 Å². The summed E-state index contributed by atoms with van der Waals surface area (Å²) in [7, 11) is 0. The molecular formula is C15H11F11O. The third-order valence-corrected chi connectivity index (χ3v) is 4.51. The van der Waals surface area contributed by atoms with Crippen LogP contribution in [0.4, 0.5) is 48.3 Å². The highest BCUT2D eigenvalue weighted by atomic mass is 19.4. The van der Waals surface area contributed by atoms with Gasteiger partial charge < -0.3 is 5.11 Å². The largest absolute Gasteiger partial charge is 0.388 e. The molecule has 1 atom stereocenters. The zero-order valence-corrected chi connectivity index (χ0v) is 13.2. The molecule has 0 aromatic heterocycles. The normalized spacial score (nSPS) is 27.7. The lowest BCUT2D eigenvalue weighted by Crippen LogP contribution is -2.83. The van der Waals surface area contributed by atoms with Crippen molar-refractivity contribution in [2.75, 3.05) is 0 Å². The topological polar surface area (TPSA) is 20.2 Å². The van der Waals surface area contributed by atoms with Gasteiger partial charge in [-0.1, -0.05) is 29.8 Å². The lowest BCUT2D eigenvalue weighted by molar-refractivity contribution is -0.487. The Morgan fingerprint density at radius 1 is 0.667 bits per heavy atom. The molecular weight excluding hydrogens is 405 g/mol. The SMILES string of the molecule is Cc1ccc(C(O)CC2(F)C(F)(F)C(F)(F)C(F)(F)C(F)(F)C2(F)F)cc1. The van der Waals surface area contributed by atoms with Crippen LogP contribution in [-0.4, -0.2) is 40.4 Å². The lowest BCUT2D eigenvalue weighted by Gasteiger charge is -2.52. The van der Waals surface area contributed by atoms with Crippen molar-refractivity contribution in [3.63, 3.8) is 0 Å². The average Bonchev–Trinajstić information content (AvgIpc) is 2.53. The maximum atomic E-state index is 14.5. The van der Waals surface area contributed by atoms with Gasteiger partial charge in [0, 0.05) is 6.42 Å². The number of aryl methyl sites for hydroxylation is 1. The molecule has 1 fully saturated rings. The molecule has 1 nitrogen and oxygen atoms in total. The minimum absolute atomic E-state index is 0.506. The molecule has 1 aromatic carbocycles. The molecule has 1 saturated carbocycles. The molecule has 12 heteroatoms. The summed E-state index contributed by atoms with van der Waals surface area (Å²) in [5, 5.41) is 9.68. The van der Waals surface area contributed by atoms with E-state index in [1.54, 1.807) is 0 Å². The summed E-state index contributed by atoms with van der Waals surface area (Å²) < 4.78 is 149. The number of aliphatic hydroxyl groups excluding tert-OH is 1. The summed E-state index contributed by atoms with van der Waals surface area (Å²) in [5.41, 5.74) is -6.22. The second kappa shape index (κ2) is 5.71. The number of alkyl halides is 11. The van der Waals surface area contributed by atoms with Crippen LogP contribution in [0.1, 0.15) is 23.7 Å². The smallest absolute Gasteiger partial charge is 0.384 e. The Morgan fingerprint density at radius 3 is 1.37 bits per heavy atom. The van der Waals surface area contributed by atoms with Gasteiger partial charge in [0.2, 0.25) is 0 Å². The molecule has 0 aliphatic heterocycles. The van der Waals surface area contributed by atoms with Crippen molar-refractivity contribution >= 4 is 0 Å². The van der Waals surface area contributed by atoms with Crippen molar-refractivity contribution in [3.05, 3.63) is 35.4 Å². The Labute approximate surface area is 144 Å². The first-order valence-corrected chi connectivity index (χ1v) is 7.21. The molecule has 0 radical (unpaired) electrons. The maximum Gasteiger partial charge on any atom is 0.384 e. The molecule has 1 unspecified atom stereocenters. The fraction of sp³-hybridized carbons (Fsp3) is 0.600. The molecule has 154 valence electrons. The van der Waals surface area contributed by atoms with Gasteiger partial charge >= 0.3 is 29.6 Å². The van der Waals surface area contributed by atoms with Crippen LogP contribution in [0.3, 0.4) is 0 Å². The molecule has 0 saturated heterocycles. The summed E-state index contributed by atoms with van der Waals surface area (Å²) in [5.74, 6) is -35.4. The van der Waals surface area contributed by atoms with Gasteiger partial charge in [0.15, 0.2) is 0 Å². The van der Waals surface area contributed by atoms with Crippen LogP contribution < -0.4 is 0 Å². The summed E-state index contributed by atoms with van der Waals surface area (Å²) in [6.45, 7) is 1.50. The summed E-state index contributed by atoms with van der Waals surface area (Å²) in [6, 6.07) is 4.21. The summed E-state index contributed by atoms with van der Waals surface area (Å²) in [6.07, 6.45) is -5.37. The fourth-order valence-corrected chi connectivity index (χ4v) is 2.72. The zero-order valence-electron chi connectivity index (χ0n) is 13.2. The molecule has 1 N–H and O–H groups in total. The van der Waals surface area contributed by atoms with E-state index < -0.39 is 53.4 Å². The van der Waals surface area contributed by atoms with Gasteiger partial charge in [-0.25, -0.2) is 4.39 Å². The molecule has 0 spiro atoms. The third kappa shape index (κ3) is 2.40. The van der Waals surface area contributed by atoms with E-state index in [9.17, 15) is 53.4 Å². The van der Waals surface area contributed by atoms with Crippen molar-refractivity contribution in [1.29, 1.82) is 0 Å². The van der Waals surface area contributed by atoms with E-state index in [2.05, 4.69) is 0 Å². The molecule has 0 bridgehead atoms. The van der Waals surface area contributed by atoms with Crippen LogP contribution in [0.15, 0.2) is 24.3 Å². The Bertz CT molecular complexity index is 681. The number of aliphatic hydroxyl groups is 1. The number of hydrogen-bond acceptors (Lipinski definition) is 1. The van der Waals surface area contributed by atoms with E-state index in [0.29, 0.717) is 5.56 Å². The molecule has 1 aliphatic rings. The van der Waals surface area contributed by atoms with Crippen LogP contribution >= 0.6 is 0 Å². The number of hydrogen-bond donors (Lipinski definition) is 1. The predicted octanol–water partition coefficient (Wildman–Crippen LogP) is 5.32. The standard InChI is InChI=1S/C15H11F11O/c1-7-2-4-8(5-3-7)9(27)6-10(16)11(17,18)13(21,22)15(25,26)14(23,24)12(10,19)20/h2-5,9,27H,6H2,1H3. The summed E-state index contributed by atoms with van der Waals surface area (Å²) in [4.78, 5) is 0. The number of rotatable bonds is 3. The van der Waals surface area contributed by atoms with Crippen molar-refractivity contribution in [1.82, 2.24) is 0 Å². The second-order valence-electron chi connectivity index (χ2n) is 6.30. The van der Waals surface area contributed by atoms with Crippen molar-refractivity contribution in [3.8, 4) is 0 Å². The van der Waals surface area contributed by atoms with Gasteiger partial charge in [-0.15, -0.1) is 0 Å². The van der Waals surface area contributed by atoms with Crippen LogP contribution in [0.2, 0.25) is 0 Å². The van der Waals surface area contributed by atoms with Crippen LogP contribution in [0.5, 0.6) is 0 Å². The van der Waals surface area contributed by atoms with Crippen LogP contribution in [-0.2, 0) is 0 Å². The molecule has 0 heterocycles. The van der Waals surface area contributed by atoms with Gasteiger partial charge in [0.1, 0.15) is 0 Å². The van der Waals surface area contributed by atoms with Crippen molar-refractivity contribution in [2.24, 2.45) is 0 Å². The van der Waals surface area contributed by atoms with E-state index >= 15 is 0 Å². The van der Waals surface area contributed by atoms with E-state index in [-0.39, 0.29) is 0 Å². The lowest BCUT2D eigenvalue weighted by atomic mass is 9.69. The molecule has 0 amide bonds. The maximum absolute atomic E-state index is 14.5. The minimum Gasteiger partial charge on any atom is -0.388 e. The van der Waals surface area contributed by atoms with E-state index in [0.717, 1.165) is 12.1 Å². The molecule has 1 aromatic rings. The Kier molecular flexibility index (Phi) is 4.59. The highest BCUT2D eigenvalue weighted by Gasteiger charge is 3.00. The first kappa shape index (κ1) is 21.7. The predicted molar refractivity (Wildman–Crippen MR) is 69.3 cm³/mol.